The number of benzene rings is 2. The summed E-state index contributed by atoms with van der Waals surface area (Å²) in [6.07, 6.45) is 0. The summed E-state index contributed by atoms with van der Waals surface area (Å²) in [6.45, 7) is 3.31. The Morgan fingerprint density at radius 2 is 1.64 bits per heavy atom. The summed E-state index contributed by atoms with van der Waals surface area (Å²) in [5.41, 5.74) is 0.503. The quantitative estimate of drug-likeness (QED) is 0.757. The summed E-state index contributed by atoms with van der Waals surface area (Å²) in [7, 11) is -1.90. The fourth-order valence-corrected chi connectivity index (χ4v) is 4.63. The van der Waals surface area contributed by atoms with Crippen LogP contribution in [0.15, 0.2) is 59.5 Å². The Bertz CT molecular complexity index is 895. The van der Waals surface area contributed by atoms with Crippen molar-refractivity contribution < 1.29 is 17.9 Å². The third-order valence-electron chi connectivity index (χ3n) is 4.78. The summed E-state index contributed by atoms with van der Waals surface area (Å²) >= 11 is 0. The van der Waals surface area contributed by atoms with E-state index < -0.39 is 10.0 Å². The molecule has 150 valence electrons. The molecule has 0 bridgehead atoms. The van der Waals surface area contributed by atoms with Crippen molar-refractivity contribution in [1.29, 1.82) is 0 Å². The highest BCUT2D eigenvalue weighted by atomic mass is 32.2. The number of nitrogens with zero attached hydrogens (tertiary/aromatic N) is 2. The van der Waals surface area contributed by atoms with Crippen molar-refractivity contribution in [1.82, 2.24) is 14.5 Å². The van der Waals surface area contributed by atoms with Gasteiger partial charge in [-0.3, -0.25) is 9.69 Å². The fraction of sp³-hybridized carbons (Fsp3) is 0.350. The smallest absolute Gasteiger partial charge is 0.255 e. The first-order valence-electron chi connectivity index (χ1n) is 9.21. The van der Waals surface area contributed by atoms with E-state index in [-0.39, 0.29) is 5.91 Å². The summed E-state index contributed by atoms with van der Waals surface area (Å²) in [5.74, 6) is 0.363. The molecule has 7 nitrogen and oxygen atoms in total. The largest absolute Gasteiger partial charge is 0.496 e. The molecule has 0 atom stereocenters. The Morgan fingerprint density at radius 3 is 2.32 bits per heavy atom. The monoisotopic (exact) mass is 403 g/mol. The van der Waals surface area contributed by atoms with Crippen molar-refractivity contribution in [2.45, 2.75) is 4.90 Å². The number of carbonyl (C=O) groups excluding carboxylic acids is 1. The number of nitrogens with one attached hydrogen (secondary N) is 1. The van der Waals surface area contributed by atoms with E-state index in [1.165, 1.54) is 11.4 Å². The maximum Gasteiger partial charge on any atom is 0.255 e. The normalized spacial score (nSPS) is 15.9. The first-order chi connectivity index (χ1) is 13.5. The lowest BCUT2D eigenvalue weighted by Gasteiger charge is -2.33. The summed E-state index contributed by atoms with van der Waals surface area (Å²) in [5, 5.41) is 2.90. The van der Waals surface area contributed by atoms with Crippen molar-refractivity contribution in [3.63, 3.8) is 0 Å². The van der Waals surface area contributed by atoms with Crippen LogP contribution in [-0.2, 0) is 10.0 Å². The number of sulfonamides is 1. The minimum absolute atomic E-state index is 0.178. The van der Waals surface area contributed by atoms with Gasteiger partial charge in [0.25, 0.3) is 5.91 Å². The number of methoxy groups -OCH3 is 1. The minimum Gasteiger partial charge on any atom is -0.496 e. The number of piperazine rings is 1. The van der Waals surface area contributed by atoms with Gasteiger partial charge in [0.1, 0.15) is 5.75 Å². The van der Waals surface area contributed by atoms with Gasteiger partial charge in [0, 0.05) is 39.3 Å². The van der Waals surface area contributed by atoms with E-state index in [1.54, 1.807) is 48.5 Å². The van der Waals surface area contributed by atoms with Gasteiger partial charge in [0.2, 0.25) is 10.0 Å². The van der Waals surface area contributed by atoms with Gasteiger partial charge in [-0.05, 0) is 24.3 Å². The average molecular weight is 404 g/mol. The van der Waals surface area contributed by atoms with Crippen LogP contribution in [0.2, 0.25) is 0 Å². The molecule has 1 aliphatic rings. The highest BCUT2D eigenvalue weighted by Gasteiger charge is 2.28. The Morgan fingerprint density at radius 1 is 1.00 bits per heavy atom. The fourth-order valence-electron chi connectivity index (χ4n) is 3.19. The summed E-state index contributed by atoms with van der Waals surface area (Å²) in [4.78, 5) is 14.8. The van der Waals surface area contributed by atoms with Gasteiger partial charge in [-0.15, -0.1) is 0 Å². The van der Waals surface area contributed by atoms with Crippen LogP contribution >= 0.6 is 0 Å². The van der Waals surface area contributed by atoms with Crippen LogP contribution < -0.4 is 10.1 Å². The number of rotatable bonds is 7. The van der Waals surface area contributed by atoms with Gasteiger partial charge in [-0.25, -0.2) is 8.42 Å². The molecule has 1 saturated heterocycles. The Kier molecular flexibility index (Phi) is 6.66. The van der Waals surface area contributed by atoms with Crippen LogP contribution in [0.25, 0.3) is 0 Å². The first-order valence-corrected chi connectivity index (χ1v) is 10.6. The zero-order valence-corrected chi connectivity index (χ0v) is 16.7. The lowest BCUT2D eigenvalue weighted by atomic mass is 10.2. The Labute approximate surface area is 166 Å². The Balaban J connectivity index is 1.47. The molecule has 1 fully saturated rings. The van der Waals surface area contributed by atoms with E-state index >= 15 is 0 Å². The number of para-hydroxylation sites is 1. The zero-order chi connectivity index (χ0) is 20.0. The van der Waals surface area contributed by atoms with E-state index in [0.717, 1.165) is 0 Å². The van der Waals surface area contributed by atoms with E-state index in [0.29, 0.717) is 55.5 Å². The molecule has 2 aromatic rings. The molecule has 1 amide bonds. The number of carbonyl (C=O) groups is 1. The van der Waals surface area contributed by atoms with Crippen molar-refractivity contribution in [3.05, 3.63) is 60.2 Å². The topological polar surface area (TPSA) is 79.0 Å². The number of hydrogen-bond acceptors (Lipinski definition) is 5. The molecule has 0 aliphatic carbocycles. The summed E-state index contributed by atoms with van der Waals surface area (Å²) in [6, 6.07) is 15.6. The molecule has 3 rings (SSSR count). The van der Waals surface area contributed by atoms with Crippen LogP contribution in [0.4, 0.5) is 0 Å². The van der Waals surface area contributed by atoms with Crippen molar-refractivity contribution in [2.24, 2.45) is 0 Å². The predicted octanol–water partition coefficient (Wildman–Crippen LogP) is 1.43. The molecular formula is C20H25N3O4S. The van der Waals surface area contributed by atoms with Crippen molar-refractivity contribution in [2.75, 3.05) is 46.4 Å². The molecule has 8 heteroatoms. The molecule has 1 N–H and O–H groups in total. The third-order valence-corrected chi connectivity index (χ3v) is 6.69. The molecule has 2 aromatic carbocycles. The second-order valence-electron chi connectivity index (χ2n) is 6.51. The minimum atomic E-state index is -3.44. The number of amides is 1. The first kappa shape index (κ1) is 20.3. The number of ether oxygens (including phenoxy) is 1. The van der Waals surface area contributed by atoms with Crippen molar-refractivity contribution >= 4 is 15.9 Å². The molecule has 0 spiro atoms. The molecule has 0 unspecified atom stereocenters. The summed E-state index contributed by atoms with van der Waals surface area (Å²) < 4.78 is 32.0. The third kappa shape index (κ3) is 4.70. The number of hydrogen-bond donors (Lipinski definition) is 1. The van der Waals surface area contributed by atoms with E-state index in [4.69, 9.17) is 4.74 Å². The zero-order valence-electron chi connectivity index (χ0n) is 15.9. The molecular weight excluding hydrogens is 378 g/mol. The van der Waals surface area contributed by atoms with E-state index in [9.17, 15) is 13.2 Å². The highest BCUT2D eigenvalue weighted by molar-refractivity contribution is 7.89. The van der Waals surface area contributed by atoms with Gasteiger partial charge in [0.05, 0.1) is 17.6 Å². The lowest BCUT2D eigenvalue weighted by molar-refractivity contribution is 0.0942. The Hall–Kier alpha value is -2.42. The van der Waals surface area contributed by atoms with Crippen LogP contribution in [0.5, 0.6) is 5.75 Å². The van der Waals surface area contributed by atoms with Gasteiger partial charge < -0.3 is 10.1 Å². The van der Waals surface area contributed by atoms with Crippen LogP contribution in [0, 0.1) is 0 Å². The molecule has 0 aromatic heterocycles. The maximum atomic E-state index is 12.7. The molecule has 0 radical (unpaired) electrons. The van der Waals surface area contributed by atoms with Crippen molar-refractivity contribution in [3.8, 4) is 5.75 Å². The van der Waals surface area contributed by atoms with Gasteiger partial charge in [-0.2, -0.15) is 4.31 Å². The van der Waals surface area contributed by atoms with Crippen LogP contribution in [0.3, 0.4) is 0 Å². The SMILES string of the molecule is COc1ccccc1C(=O)NCCN1CCN(S(=O)(=O)c2ccccc2)CC1. The predicted molar refractivity (Wildman–Crippen MR) is 107 cm³/mol. The molecule has 28 heavy (non-hydrogen) atoms. The van der Waals surface area contributed by atoms with E-state index in [2.05, 4.69) is 10.2 Å². The standard InChI is InChI=1S/C20H25N3O4S/c1-27-19-10-6-5-9-18(19)20(24)21-11-12-22-13-15-23(16-14-22)28(25,26)17-7-3-2-4-8-17/h2-10H,11-16H2,1H3,(H,21,24). The molecule has 1 aliphatic heterocycles. The van der Waals surface area contributed by atoms with Crippen LogP contribution in [-0.4, -0.2) is 69.9 Å². The molecule has 0 saturated carbocycles. The van der Waals surface area contributed by atoms with Gasteiger partial charge in [-0.1, -0.05) is 30.3 Å². The van der Waals surface area contributed by atoms with Gasteiger partial charge >= 0.3 is 0 Å². The second kappa shape index (κ2) is 9.18. The van der Waals surface area contributed by atoms with Crippen LogP contribution in [0.1, 0.15) is 10.4 Å². The average Bonchev–Trinajstić information content (AvgIpc) is 2.74. The second-order valence-corrected chi connectivity index (χ2v) is 8.45. The lowest BCUT2D eigenvalue weighted by Crippen LogP contribution is -2.50. The molecule has 1 heterocycles. The van der Waals surface area contributed by atoms with Gasteiger partial charge in [0.15, 0.2) is 0 Å². The maximum absolute atomic E-state index is 12.7. The highest BCUT2D eigenvalue weighted by Crippen LogP contribution is 2.18. The van der Waals surface area contributed by atoms with E-state index in [1.807, 2.05) is 6.07 Å².